The number of nitrogens with zero attached hydrogens (tertiary/aromatic N) is 2. The fraction of sp³-hybridized carbons (Fsp3) is 0.636. The topological polar surface area (TPSA) is 53.4 Å². The molecule has 0 N–H and O–H groups in total. The van der Waals surface area contributed by atoms with E-state index in [1.165, 1.54) is 0 Å². The third-order valence-corrected chi connectivity index (χ3v) is 2.17. The highest BCUT2D eigenvalue weighted by molar-refractivity contribution is 5.74. The number of rotatable bonds is 5. The SMILES string of the molecule is CCOC(=O)C(C)Oc1c(C)cnn1CC. The zero-order valence-corrected chi connectivity index (χ0v) is 10.2. The van der Waals surface area contributed by atoms with Gasteiger partial charge in [0, 0.05) is 12.1 Å². The number of hydrogen-bond donors (Lipinski definition) is 0. The van der Waals surface area contributed by atoms with E-state index in [1.54, 1.807) is 24.7 Å². The van der Waals surface area contributed by atoms with Crippen molar-refractivity contribution in [2.24, 2.45) is 0 Å². The van der Waals surface area contributed by atoms with Gasteiger partial charge in [0.1, 0.15) is 0 Å². The predicted octanol–water partition coefficient (Wildman–Crippen LogP) is 1.54. The van der Waals surface area contributed by atoms with Crippen LogP contribution >= 0.6 is 0 Å². The number of carbonyl (C=O) groups excluding carboxylic acids is 1. The molecule has 0 aliphatic rings. The Labute approximate surface area is 95.3 Å². The van der Waals surface area contributed by atoms with E-state index in [2.05, 4.69) is 5.10 Å². The normalized spacial score (nSPS) is 12.2. The summed E-state index contributed by atoms with van der Waals surface area (Å²) < 4.78 is 12.1. The molecule has 0 amide bonds. The van der Waals surface area contributed by atoms with Gasteiger partial charge in [0.15, 0.2) is 6.10 Å². The number of ether oxygens (including phenoxy) is 2. The molecule has 0 aliphatic heterocycles. The standard InChI is InChI=1S/C11H18N2O3/c1-5-13-10(8(3)7-12-13)16-9(4)11(14)15-6-2/h7,9H,5-6H2,1-4H3. The fourth-order valence-corrected chi connectivity index (χ4v) is 1.32. The molecule has 1 aromatic rings. The summed E-state index contributed by atoms with van der Waals surface area (Å²) in [5.74, 6) is 0.272. The van der Waals surface area contributed by atoms with Crippen LogP contribution in [-0.4, -0.2) is 28.5 Å². The third kappa shape index (κ3) is 2.74. The molecule has 1 unspecified atom stereocenters. The van der Waals surface area contributed by atoms with Crippen LogP contribution in [0.4, 0.5) is 0 Å². The van der Waals surface area contributed by atoms with Crippen LogP contribution in [0.2, 0.25) is 0 Å². The van der Waals surface area contributed by atoms with Crippen molar-refractivity contribution in [1.29, 1.82) is 0 Å². The molecule has 0 spiro atoms. The lowest BCUT2D eigenvalue weighted by atomic mass is 10.3. The minimum atomic E-state index is -0.611. The number of hydrogen-bond acceptors (Lipinski definition) is 4. The first-order valence-electron chi connectivity index (χ1n) is 5.45. The van der Waals surface area contributed by atoms with Gasteiger partial charge in [-0.1, -0.05) is 0 Å². The van der Waals surface area contributed by atoms with Gasteiger partial charge in [0.2, 0.25) is 5.88 Å². The van der Waals surface area contributed by atoms with Crippen molar-refractivity contribution < 1.29 is 14.3 Å². The lowest BCUT2D eigenvalue weighted by molar-refractivity contribution is -0.150. The monoisotopic (exact) mass is 226 g/mol. The van der Waals surface area contributed by atoms with Crippen molar-refractivity contribution >= 4 is 5.97 Å². The molecule has 5 nitrogen and oxygen atoms in total. The molecule has 16 heavy (non-hydrogen) atoms. The maximum atomic E-state index is 11.4. The summed E-state index contributed by atoms with van der Waals surface area (Å²) in [5.41, 5.74) is 0.915. The highest BCUT2D eigenvalue weighted by atomic mass is 16.6. The Hall–Kier alpha value is -1.52. The van der Waals surface area contributed by atoms with Crippen molar-refractivity contribution in [1.82, 2.24) is 9.78 Å². The van der Waals surface area contributed by atoms with Crippen molar-refractivity contribution in [3.8, 4) is 5.88 Å². The lowest BCUT2D eigenvalue weighted by Crippen LogP contribution is -2.27. The summed E-state index contributed by atoms with van der Waals surface area (Å²) in [5, 5.41) is 4.13. The van der Waals surface area contributed by atoms with Gasteiger partial charge in [0.25, 0.3) is 0 Å². The number of aromatic nitrogens is 2. The zero-order chi connectivity index (χ0) is 12.1. The van der Waals surface area contributed by atoms with Gasteiger partial charge in [-0.2, -0.15) is 5.10 Å². The average molecular weight is 226 g/mol. The number of esters is 1. The minimum Gasteiger partial charge on any atom is -0.463 e. The van der Waals surface area contributed by atoms with Gasteiger partial charge in [-0.05, 0) is 27.7 Å². The molecule has 1 heterocycles. The number of aryl methyl sites for hydroxylation is 2. The Morgan fingerprint density at radius 3 is 2.81 bits per heavy atom. The third-order valence-electron chi connectivity index (χ3n) is 2.17. The van der Waals surface area contributed by atoms with Crippen molar-refractivity contribution in [3.05, 3.63) is 11.8 Å². The van der Waals surface area contributed by atoms with Crippen LogP contribution in [0.5, 0.6) is 5.88 Å². The summed E-state index contributed by atoms with van der Waals surface area (Å²) in [6.45, 7) is 8.37. The van der Waals surface area contributed by atoms with Crippen LogP contribution < -0.4 is 4.74 Å². The highest BCUT2D eigenvalue weighted by Gasteiger charge is 2.19. The Morgan fingerprint density at radius 1 is 1.56 bits per heavy atom. The molecular weight excluding hydrogens is 208 g/mol. The summed E-state index contributed by atoms with van der Waals surface area (Å²) in [7, 11) is 0. The van der Waals surface area contributed by atoms with Gasteiger partial charge >= 0.3 is 5.97 Å². The second-order valence-corrected chi connectivity index (χ2v) is 3.46. The first-order chi connectivity index (χ1) is 7.60. The molecule has 1 rings (SSSR count). The molecule has 0 bridgehead atoms. The van der Waals surface area contributed by atoms with E-state index in [1.807, 2.05) is 13.8 Å². The van der Waals surface area contributed by atoms with Crippen LogP contribution in [0.1, 0.15) is 26.3 Å². The van der Waals surface area contributed by atoms with Gasteiger partial charge in [-0.3, -0.25) is 0 Å². The maximum Gasteiger partial charge on any atom is 0.347 e. The summed E-state index contributed by atoms with van der Waals surface area (Å²) >= 11 is 0. The van der Waals surface area contributed by atoms with Gasteiger partial charge < -0.3 is 9.47 Å². The Kier molecular flexibility index (Phi) is 4.34. The van der Waals surface area contributed by atoms with E-state index in [4.69, 9.17) is 9.47 Å². The van der Waals surface area contributed by atoms with E-state index < -0.39 is 6.10 Å². The molecular formula is C11H18N2O3. The van der Waals surface area contributed by atoms with E-state index in [-0.39, 0.29) is 5.97 Å². The molecule has 0 aromatic carbocycles. The first kappa shape index (κ1) is 12.5. The van der Waals surface area contributed by atoms with Crippen LogP contribution in [0.15, 0.2) is 6.20 Å². The van der Waals surface area contributed by atoms with E-state index in [0.717, 1.165) is 5.56 Å². The van der Waals surface area contributed by atoms with Crippen LogP contribution in [0, 0.1) is 6.92 Å². The van der Waals surface area contributed by atoms with Crippen LogP contribution in [-0.2, 0) is 16.1 Å². The molecule has 0 fully saturated rings. The molecule has 0 radical (unpaired) electrons. The van der Waals surface area contributed by atoms with Gasteiger partial charge in [0.05, 0.1) is 12.8 Å². The summed E-state index contributed by atoms with van der Waals surface area (Å²) in [6, 6.07) is 0. The quantitative estimate of drug-likeness (QED) is 0.715. The largest absolute Gasteiger partial charge is 0.463 e. The van der Waals surface area contributed by atoms with Crippen LogP contribution in [0.3, 0.4) is 0 Å². The van der Waals surface area contributed by atoms with E-state index in [9.17, 15) is 4.79 Å². The molecule has 1 atom stereocenters. The predicted molar refractivity (Wildman–Crippen MR) is 59.4 cm³/mol. The second kappa shape index (κ2) is 5.53. The minimum absolute atomic E-state index is 0.356. The van der Waals surface area contributed by atoms with Gasteiger partial charge in [-0.15, -0.1) is 0 Å². The summed E-state index contributed by atoms with van der Waals surface area (Å²) in [6.07, 6.45) is 1.11. The van der Waals surface area contributed by atoms with Crippen molar-refractivity contribution in [2.45, 2.75) is 40.3 Å². The lowest BCUT2D eigenvalue weighted by Gasteiger charge is -2.14. The Balaban J connectivity index is 2.72. The molecule has 5 heteroatoms. The zero-order valence-electron chi connectivity index (χ0n) is 10.2. The van der Waals surface area contributed by atoms with E-state index >= 15 is 0 Å². The molecule has 90 valence electrons. The first-order valence-corrected chi connectivity index (χ1v) is 5.45. The molecule has 0 saturated carbocycles. The Bertz CT molecular complexity index is 360. The highest BCUT2D eigenvalue weighted by Crippen LogP contribution is 2.18. The van der Waals surface area contributed by atoms with Crippen LogP contribution in [0.25, 0.3) is 0 Å². The van der Waals surface area contributed by atoms with Gasteiger partial charge in [-0.25, -0.2) is 9.48 Å². The summed E-state index contributed by atoms with van der Waals surface area (Å²) in [4.78, 5) is 11.4. The van der Waals surface area contributed by atoms with E-state index in [0.29, 0.717) is 19.0 Å². The maximum absolute atomic E-state index is 11.4. The van der Waals surface area contributed by atoms with Crippen molar-refractivity contribution in [2.75, 3.05) is 6.61 Å². The fourth-order valence-electron chi connectivity index (χ4n) is 1.32. The molecule has 1 aromatic heterocycles. The smallest absolute Gasteiger partial charge is 0.347 e. The molecule has 0 aliphatic carbocycles. The average Bonchev–Trinajstić information content (AvgIpc) is 2.60. The second-order valence-electron chi connectivity index (χ2n) is 3.46. The molecule has 0 saturated heterocycles. The number of carbonyl (C=O) groups is 1. The van der Waals surface area contributed by atoms with Crippen molar-refractivity contribution in [3.63, 3.8) is 0 Å². The Morgan fingerprint density at radius 2 is 2.25 bits per heavy atom.